The van der Waals surface area contributed by atoms with E-state index >= 15 is 0 Å². The summed E-state index contributed by atoms with van der Waals surface area (Å²) in [7, 11) is 1.31. The number of esters is 1. The molecule has 0 saturated heterocycles. The fourth-order valence-electron chi connectivity index (χ4n) is 1.46. The molecule has 0 heterocycles. The monoisotopic (exact) mass is 266 g/mol. The first kappa shape index (κ1) is 14.8. The molecule has 0 fully saturated rings. The molecule has 0 aliphatic carbocycles. The molecule has 1 atom stereocenters. The van der Waals surface area contributed by atoms with Crippen LogP contribution < -0.4 is 15.3 Å². The number of hydrogen-bond acceptors (Lipinski definition) is 6. The molecule has 104 valence electrons. The average Bonchev–Trinajstić information content (AvgIpc) is 2.41. The predicted octanol–water partition coefficient (Wildman–Crippen LogP) is 1.32. The first-order valence-electron chi connectivity index (χ1n) is 5.87. The van der Waals surface area contributed by atoms with Gasteiger partial charge < -0.3 is 20.1 Å². The first-order chi connectivity index (χ1) is 9.12. The zero-order chi connectivity index (χ0) is 14.3. The first-order valence-corrected chi connectivity index (χ1v) is 5.87. The van der Waals surface area contributed by atoms with Crippen molar-refractivity contribution >= 4 is 12.2 Å². The minimum absolute atomic E-state index is 0.449. The summed E-state index contributed by atoms with van der Waals surface area (Å²) in [5.41, 5.74) is 0.782. The molecule has 1 rings (SSSR count). The molecule has 0 amide bonds. The van der Waals surface area contributed by atoms with Crippen molar-refractivity contribution in [2.75, 3.05) is 13.7 Å². The zero-order valence-electron chi connectivity index (χ0n) is 11.3. The lowest BCUT2D eigenvalue weighted by molar-refractivity contribution is -0.147. The molecule has 0 radical (unpaired) electrons. The Balaban J connectivity index is 2.95. The highest BCUT2D eigenvalue weighted by molar-refractivity contribution is 5.80. The third-order valence-electron chi connectivity index (χ3n) is 2.33. The topological polar surface area (TPSA) is 83.1 Å². The standard InChI is InChI=1S/C13H18N2O4/c1-4-18-12-7-10(8-15-14)5-6-11(12)19-9(2)13(16)17-3/h5-9H,4,14H2,1-3H3. The number of benzene rings is 1. The van der Waals surface area contributed by atoms with Crippen LogP contribution in [0.4, 0.5) is 0 Å². The molecule has 0 aromatic heterocycles. The molecule has 0 bridgehead atoms. The lowest BCUT2D eigenvalue weighted by Crippen LogP contribution is -2.25. The molecule has 6 nitrogen and oxygen atoms in total. The van der Waals surface area contributed by atoms with Crippen LogP contribution in [0.2, 0.25) is 0 Å². The summed E-state index contributed by atoms with van der Waals surface area (Å²) in [6.07, 6.45) is 0.786. The Labute approximate surface area is 112 Å². The Bertz CT molecular complexity index is 460. The number of rotatable bonds is 6. The minimum Gasteiger partial charge on any atom is -0.490 e. The smallest absolute Gasteiger partial charge is 0.346 e. The van der Waals surface area contributed by atoms with Gasteiger partial charge >= 0.3 is 5.97 Å². The Morgan fingerprint density at radius 3 is 2.79 bits per heavy atom. The Morgan fingerprint density at radius 2 is 2.21 bits per heavy atom. The number of carbonyl (C=O) groups is 1. The van der Waals surface area contributed by atoms with E-state index in [-0.39, 0.29) is 0 Å². The normalized spacial score (nSPS) is 12.2. The maximum atomic E-state index is 11.3. The summed E-state index contributed by atoms with van der Waals surface area (Å²) >= 11 is 0. The SMILES string of the molecule is CCOc1cc(C=NN)ccc1OC(C)C(=O)OC. The van der Waals surface area contributed by atoms with Crippen LogP contribution in [0.15, 0.2) is 23.3 Å². The fraction of sp³-hybridized carbons (Fsp3) is 0.385. The highest BCUT2D eigenvalue weighted by atomic mass is 16.6. The maximum Gasteiger partial charge on any atom is 0.346 e. The summed E-state index contributed by atoms with van der Waals surface area (Å²) in [4.78, 5) is 11.3. The lowest BCUT2D eigenvalue weighted by atomic mass is 10.2. The van der Waals surface area contributed by atoms with Crippen LogP contribution in [0.1, 0.15) is 19.4 Å². The Kier molecular flexibility index (Phi) is 5.66. The second-order valence-corrected chi connectivity index (χ2v) is 3.70. The van der Waals surface area contributed by atoms with Crippen molar-refractivity contribution in [1.29, 1.82) is 0 Å². The molecule has 1 unspecified atom stereocenters. The third kappa shape index (κ3) is 4.17. The van der Waals surface area contributed by atoms with Crippen molar-refractivity contribution in [2.24, 2.45) is 10.9 Å². The molecule has 19 heavy (non-hydrogen) atoms. The summed E-state index contributed by atoms with van der Waals surface area (Å²) < 4.78 is 15.6. The van der Waals surface area contributed by atoms with Gasteiger partial charge in [0.05, 0.1) is 19.9 Å². The van der Waals surface area contributed by atoms with Crippen LogP contribution in [-0.4, -0.2) is 32.0 Å². The van der Waals surface area contributed by atoms with Gasteiger partial charge in [0, 0.05) is 0 Å². The second kappa shape index (κ2) is 7.25. The second-order valence-electron chi connectivity index (χ2n) is 3.70. The number of ether oxygens (including phenoxy) is 3. The maximum absolute atomic E-state index is 11.3. The molecule has 0 aliphatic heterocycles. The number of hydrazone groups is 1. The number of nitrogens with two attached hydrogens (primary N) is 1. The molecule has 0 saturated carbocycles. The highest BCUT2D eigenvalue weighted by Gasteiger charge is 2.17. The van der Waals surface area contributed by atoms with Crippen LogP contribution in [-0.2, 0) is 9.53 Å². The van der Waals surface area contributed by atoms with Gasteiger partial charge in [-0.15, -0.1) is 0 Å². The number of hydrogen-bond donors (Lipinski definition) is 1. The zero-order valence-corrected chi connectivity index (χ0v) is 11.3. The van der Waals surface area contributed by atoms with Gasteiger partial charge in [-0.25, -0.2) is 4.79 Å². The Hall–Kier alpha value is -2.24. The van der Waals surface area contributed by atoms with E-state index in [0.29, 0.717) is 18.1 Å². The quantitative estimate of drug-likeness (QED) is 0.363. The van der Waals surface area contributed by atoms with E-state index in [1.165, 1.54) is 13.3 Å². The van der Waals surface area contributed by atoms with Gasteiger partial charge in [0.2, 0.25) is 0 Å². The van der Waals surface area contributed by atoms with Crippen molar-refractivity contribution < 1.29 is 19.0 Å². The van der Waals surface area contributed by atoms with E-state index in [1.54, 1.807) is 25.1 Å². The summed E-state index contributed by atoms with van der Waals surface area (Å²) in [6.45, 7) is 3.94. The lowest BCUT2D eigenvalue weighted by Gasteiger charge is -2.16. The molecule has 1 aromatic carbocycles. The van der Waals surface area contributed by atoms with Gasteiger partial charge in [0.15, 0.2) is 17.6 Å². The van der Waals surface area contributed by atoms with Crippen LogP contribution in [0.25, 0.3) is 0 Å². The van der Waals surface area contributed by atoms with Crippen molar-refractivity contribution in [2.45, 2.75) is 20.0 Å². The number of carbonyl (C=O) groups excluding carboxylic acids is 1. The summed E-state index contributed by atoms with van der Waals surface area (Å²) in [6, 6.07) is 5.19. The van der Waals surface area contributed by atoms with Crippen molar-refractivity contribution in [3.8, 4) is 11.5 Å². The summed E-state index contributed by atoms with van der Waals surface area (Å²) in [5, 5.41) is 3.44. The van der Waals surface area contributed by atoms with Crippen LogP contribution >= 0.6 is 0 Å². The molecular weight excluding hydrogens is 248 g/mol. The van der Waals surface area contributed by atoms with Crippen LogP contribution in [0, 0.1) is 0 Å². The Morgan fingerprint density at radius 1 is 1.47 bits per heavy atom. The molecule has 0 aliphatic rings. The molecule has 6 heteroatoms. The molecule has 2 N–H and O–H groups in total. The molecule has 0 spiro atoms. The van der Waals surface area contributed by atoms with E-state index < -0.39 is 12.1 Å². The van der Waals surface area contributed by atoms with Gasteiger partial charge in [0.1, 0.15) is 0 Å². The van der Waals surface area contributed by atoms with E-state index in [9.17, 15) is 4.79 Å². The van der Waals surface area contributed by atoms with E-state index in [2.05, 4.69) is 9.84 Å². The minimum atomic E-state index is -0.710. The molecule has 1 aromatic rings. The van der Waals surface area contributed by atoms with Crippen LogP contribution in [0.3, 0.4) is 0 Å². The van der Waals surface area contributed by atoms with Gasteiger partial charge in [-0.3, -0.25) is 0 Å². The highest BCUT2D eigenvalue weighted by Crippen LogP contribution is 2.29. The molecular formula is C13H18N2O4. The van der Waals surface area contributed by atoms with Gasteiger partial charge in [-0.2, -0.15) is 5.10 Å². The summed E-state index contributed by atoms with van der Waals surface area (Å²) in [5.74, 6) is 5.64. The number of methoxy groups -OCH3 is 1. The number of nitrogens with zero attached hydrogens (tertiary/aromatic N) is 1. The van der Waals surface area contributed by atoms with Crippen molar-refractivity contribution in [3.05, 3.63) is 23.8 Å². The fourth-order valence-corrected chi connectivity index (χ4v) is 1.46. The largest absolute Gasteiger partial charge is 0.490 e. The average molecular weight is 266 g/mol. The van der Waals surface area contributed by atoms with E-state index in [0.717, 1.165) is 5.56 Å². The van der Waals surface area contributed by atoms with Crippen LogP contribution in [0.5, 0.6) is 11.5 Å². The van der Waals surface area contributed by atoms with Crippen molar-refractivity contribution in [3.63, 3.8) is 0 Å². The third-order valence-corrected chi connectivity index (χ3v) is 2.33. The van der Waals surface area contributed by atoms with Gasteiger partial charge in [-0.1, -0.05) is 0 Å². The van der Waals surface area contributed by atoms with Gasteiger partial charge in [-0.05, 0) is 37.6 Å². The van der Waals surface area contributed by atoms with E-state index in [1.807, 2.05) is 6.92 Å². The van der Waals surface area contributed by atoms with E-state index in [4.69, 9.17) is 15.3 Å². The van der Waals surface area contributed by atoms with Gasteiger partial charge in [0.25, 0.3) is 0 Å². The predicted molar refractivity (Wildman–Crippen MR) is 71.5 cm³/mol. The van der Waals surface area contributed by atoms with Crippen molar-refractivity contribution in [1.82, 2.24) is 0 Å².